The zero-order valence-electron chi connectivity index (χ0n) is 7.76. The number of hydrogen-bond donors (Lipinski definition) is 2. The van der Waals surface area contributed by atoms with Gasteiger partial charge in [0.1, 0.15) is 4.88 Å². The van der Waals surface area contributed by atoms with Gasteiger partial charge in [-0.15, -0.1) is 11.3 Å². The minimum absolute atomic E-state index is 0.146. The van der Waals surface area contributed by atoms with E-state index in [1.807, 2.05) is 5.38 Å². The van der Waals surface area contributed by atoms with Crippen LogP contribution in [0.4, 0.5) is 0 Å². The monoisotopic (exact) mass is 291 g/mol. The van der Waals surface area contributed by atoms with Gasteiger partial charge >= 0.3 is 0 Å². The van der Waals surface area contributed by atoms with Crippen molar-refractivity contribution in [1.29, 1.82) is 0 Å². The van der Waals surface area contributed by atoms with Gasteiger partial charge in [-0.25, -0.2) is 0 Å². The highest BCUT2D eigenvalue weighted by Crippen LogP contribution is 2.25. The van der Waals surface area contributed by atoms with E-state index in [1.165, 1.54) is 16.2 Å². The molecule has 2 heterocycles. The van der Waals surface area contributed by atoms with Crippen LogP contribution >= 0.6 is 27.3 Å². The van der Waals surface area contributed by atoms with Crippen LogP contribution in [0.2, 0.25) is 0 Å². The van der Waals surface area contributed by atoms with Crippen LogP contribution in [0, 0.1) is 0 Å². The van der Waals surface area contributed by atoms with Crippen molar-refractivity contribution in [3.05, 3.63) is 20.8 Å². The molecule has 0 spiro atoms. The van der Waals surface area contributed by atoms with Gasteiger partial charge in [0, 0.05) is 17.6 Å². The van der Waals surface area contributed by atoms with Gasteiger partial charge < -0.3 is 15.1 Å². The molecule has 0 bridgehead atoms. The van der Waals surface area contributed by atoms with Crippen molar-refractivity contribution in [3.8, 4) is 0 Å². The van der Waals surface area contributed by atoms with Crippen molar-refractivity contribution >= 4 is 33.2 Å². The zero-order chi connectivity index (χ0) is 11.0. The van der Waals surface area contributed by atoms with Gasteiger partial charge in [-0.1, -0.05) is 0 Å². The second kappa shape index (κ2) is 4.21. The summed E-state index contributed by atoms with van der Waals surface area (Å²) in [5, 5.41) is 20.5. The molecular formula is C9H10BrNO3S. The van der Waals surface area contributed by atoms with Crippen LogP contribution in [0.1, 0.15) is 9.67 Å². The fourth-order valence-corrected chi connectivity index (χ4v) is 3.03. The summed E-state index contributed by atoms with van der Waals surface area (Å²) in [5.74, 6) is -0.146. The molecule has 2 rings (SSSR count). The highest BCUT2D eigenvalue weighted by molar-refractivity contribution is 9.10. The van der Waals surface area contributed by atoms with Crippen molar-refractivity contribution in [2.24, 2.45) is 0 Å². The predicted octanol–water partition coefficient (Wildman–Crippen LogP) is 0.688. The van der Waals surface area contributed by atoms with Gasteiger partial charge in [-0.2, -0.15) is 0 Å². The number of β-amino-alcohol motifs (C(OH)–C–C–N with tert-alkyl or cyclic N) is 2. The maximum atomic E-state index is 11.9. The summed E-state index contributed by atoms with van der Waals surface area (Å²) in [6, 6.07) is 1.81. The Morgan fingerprint density at radius 2 is 2.07 bits per heavy atom. The summed E-state index contributed by atoms with van der Waals surface area (Å²) in [5.41, 5.74) is 0. The Kier molecular flexibility index (Phi) is 3.11. The average Bonchev–Trinajstić information content (AvgIpc) is 2.74. The van der Waals surface area contributed by atoms with Crippen molar-refractivity contribution in [3.63, 3.8) is 0 Å². The highest BCUT2D eigenvalue weighted by atomic mass is 79.9. The van der Waals surface area contributed by atoms with Gasteiger partial charge in [0.15, 0.2) is 0 Å². The smallest absolute Gasteiger partial charge is 0.265 e. The van der Waals surface area contributed by atoms with E-state index in [-0.39, 0.29) is 19.0 Å². The molecule has 0 radical (unpaired) electrons. The highest BCUT2D eigenvalue weighted by Gasteiger charge is 2.33. The van der Waals surface area contributed by atoms with Gasteiger partial charge in [-0.3, -0.25) is 4.79 Å². The van der Waals surface area contributed by atoms with Crippen LogP contribution in [0.3, 0.4) is 0 Å². The Hall–Kier alpha value is -0.430. The number of rotatable bonds is 1. The lowest BCUT2D eigenvalue weighted by Crippen LogP contribution is -2.29. The van der Waals surface area contributed by atoms with E-state index >= 15 is 0 Å². The first kappa shape index (κ1) is 11.1. The largest absolute Gasteiger partial charge is 0.388 e. The molecule has 0 aliphatic carbocycles. The lowest BCUT2D eigenvalue weighted by molar-refractivity contribution is 0.0572. The van der Waals surface area contributed by atoms with Crippen LogP contribution in [0.15, 0.2) is 15.9 Å². The zero-order valence-corrected chi connectivity index (χ0v) is 10.2. The van der Waals surface area contributed by atoms with Crippen LogP contribution in [0.5, 0.6) is 0 Å². The summed E-state index contributed by atoms with van der Waals surface area (Å²) < 4.78 is 0.758. The topological polar surface area (TPSA) is 60.8 Å². The average molecular weight is 292 g/mol. The number of nitrogens with zero attached hydrogens (tertiary/aromatic N) is 1. The van der Waals surface area contributed by atoms with Crippen molar-refractivity contribution < 1.29 is 15.0 Å². The third kappa shape index (κ3) is 2.08. The molecule has 82 valence electrons. The Balaban J connectivity index is 2.13. The molecule has 1 aliphatic rings. The number of likely N-dealkylation sites (tertiary alicyclic amines) is 1. The Bertz CT molecular complexity index is 371. The van der Waals surface area contributed by atoms with Crippen molar-refractivity contribution in [2.75, 3.05) is 13.1 Å². The van der Waals surface area contributed by atoms with E-state index in [4.69, 9.17) is 0 Å². The maximum Gasteiger partial charge on any atom is 0.265 e. The summed E-state index contributed by atoms with van der Waals surface area (Å²) in [6.07, 6.45) is -1.65. The summed E-state index contributed by atoms with van der Waals surface area (Å²) in [7, 11) is 0. The van der Waals surface area contributed by atoms with E-state index in [0.29, 0.717) is 4.88 Å². The minimum atomic E-state index is -0.826. The summed E-state index contributed by atoms with van der Waals surface area (Å²) in [4.78, 5) is 14.0. The molecule has 1 saturated heterocycles. The van der Waals surface area contributed by atoms with Crippen LogP contribution in [0.25, 0.3) is 0 Å². The lowest BCUT2D eigenvalue weighted by atomic mass is 10.3. The first-order chi connectivity index (χ1) is 7.09. The molecule has 2 N–H and O–H groups in total. The first-order valence-electron chi connectivity index (χ1n) is 4.48. The molecule has 0 aromatic carbocycles. The minimum Gasteiger partial charge on any atom is -0.388 e. The fraction of sp³-hybridized carbons (Fsp3) is 0.444. The Morgan fingerprint density at radius 3 is 2.53 bits per heavy atom. The standard InChI is InChI=1S/C9H10BrNO3S/c10-5-1-2-15-8(5)9(14)11-3-6(12)7(13)4-11/h1-2,6-7,12-13H,3-4H2. The number of amides is 1. The Labute approximate surface area is 99.3 Å². The number of carbonyl (C=O) groups is 1. The number of carbonyl (C=O) groups excluding carboxylic acids is 1. The van der Waals surface area contributed by atoms with E-state index in [0.717, 1.165) is 4.47 Å². The quantitative estimate of drug-likeness (QED) is 0.800. The molecule has 2 unspecified atom stereocenters. The molecular weight excluding hydrogens is 282 g/mol. The van der Waals surface area contributed by atoms with E-state index in [1.54, 1.807) is 6.07 Å². The number of halogens is 1. The molecule has 15 heavy (non-hydrogen) atoms. The number of hydrogen-bond acceptors (Lipinski definition) is 4. The normalized spacial score (nSPS) is 25.9. The van der Waals surface area contributed by atoms with Crippen molar-refractivity contribution in [1.82, 2.24) is 4.90 Å². The van der Waals surface area contributed by atoms with E-state index in [2.05, 4.69) is 15.9 Å². The Morgan fingerprint density at radius 1 is 1.47 bits per heavy atom. The van der Waals surface area contributed by atoms with Crippen LogP contribution in [-0.2, 0) is 0 Å². The first-order valence-corrected chi connectivity index (χ1v) is 6.15. The third-order valence-corrected chi connectivity index (χ3v) is 4.18. The number of aliphatic hydroxyl groups is 2. The number of aliphatic hydroxyl groups excluding tert-OH is 2. The lowest BCUT2D eigenvalue weighted by Gasteiger charge is -2.14. The predicted molar refractivity (Wildman–Crippen MR) is 59.9 cm³/mol. The second-order valence-electron chi connectivity index (χ2n) is 3.44. The van der Waals surface area contributed by atoms with Gasteiger partial charge in [0.25, 0.3) is 5.91 Å². The molecule has 1 amide bonds. The van der Waals surface area contributed by atoms with E-state index < -0.39 is 12.2 Å². The second-order valence-corrected chi connectivity index (χ2v) is 5.21. The SMILES string of the molecule is O=C(c1sccc1Br)N1CC(O)C(O)C1. The molecule has 4 nitrogen and oxygen atoms in total. The molecule has 6 heteroatoms. The molecule has 0 saturated carbocycles. The van der Waals surface area contributed by atoms with Gasteiger partial charge in [0.2, 0.25) is 0 Å². The molecule has 1 aliphatic heterocycles. The van der Waals surface area contributed by atoms with Crippen molar-refractivity contribution in [2.45, 2.75) is 12.2 Å². The third-order valence-electron chi connectivity index (χ3n) is 2.36. The summed E-state index contributed by atoms with van der Waals surface area (Å²) >= 11 is 4.63. The molecule has 1 aromatic heterocycles. The van der Waals surface area contributed by atoms with Gasteiger partial charge in [-0.05, 0) is 27.4 Å². The van der Waals surface area contributed by atoms with E-state index in [9.17, 15) is 15.0 Å². The van der Waals surface area contributed by atoms with Crippen LogP contribution < -0.4 is 0 Å². The molecule has 1 fully saturated rings. The maximum absolute atomic E-state index is 11.9. The van der Waals surface area contributed by atoms with Gasteiger partial charge in [0.05, 0.1) is 12.2 Å². The molecule has 1 aromatic rings. The number of thiophene rings is 1. The summed E-state index contributed by atoms with van der Waals surface area (Å²) in [6.45, 7) is 0.398. The van der Waals surface area contributed by atoms with Crippen LogP contribution in [-0.4, -0.2) is 46.3 Å². The fourth-order valence-electron chi connectivity index (χ4n) is 1.53. The molecule has 2 atom stereocenters.